The third-order valence-corrected chi connectivity index (χ3v) is 2.20. The molecule has 1 unspecified atom stereocenters. The van der Waals surface area contributed by atoms with Gasteiger partial charge in [-0.25, -0.2) is 0 Å². The van der Waals surface area contributed by atoms with Crippen LogP contribution >= 0.6 is 15.9 Å². The molecule has 0 spiro atoms. The fourth-order valence-electron chi connectivity index (χ4n) is 1.10. The van der Waals surface area contributed by atoms with Gasteiger partial charge in [-0.1, -0.05) is 0 Å². The molecule has 15 heavy (non-hydrogen) atoms. The Labute approximate surface area is 95.8 Å². The van der Waals surface area contributed by atoms with E-state index in [0.29, 0.717) is 11.8 Å². The van der Waals surface area contributed by atoms with Crippen LogP contribution in [-0.2, 0) is 14.3 Å². The molecule has 0 fully saturated rings. The Morgan fingerprint density at radius 2 is 2.40 bits per heavy atom. The zero-order valence-electron chi connectivity index (χ0n) is 8.14. The highest BCUT2D eigenvalue weighted by molar-refractivity contribution is 9.10. The number of halogens is 1. The highest BCUT2D eigenvalue weighted by Crippen LogP contribution is 2.18. The number of hydrogen-bond donors (Lipinski definition) is 0. The van der Waals surface area contributed by atoms with Gasteiger partial charge < -0.3 is 9.53 Å². The number of esters is 1. The number of hydrogen-bond acceptors (Lipinski definition) is 4. The van der Waals surface area contributed by atoms with E-state index in [1.165, 1.54) is 6.20 Å². The van der Waals surface area contributed by atoms with E-state index >= 15 is 0 Å². The van der Waals surface area contributed by atoms with E-state index < -0.39 is 11.9 Å². The van der Waals surface area contributed by atoms with Crippen molar-refractivity contribution in [3.05, 3.63) is 28.5 Å². The van der Waals surface area contributed by atoms with Crippen LogP contribution in [0.25, 0.3) is 0 Å². The van der Waals surface area contributed by atoms with Crippen LogP contribution in [0.5, 0.6) is 0 Å². The van der Waals surface area contributed by atoms with Crippen molar-refractivity contribution in [3.8, 4) is 0 Å². The third-order valence-electron chi connectivity index (χ3n) is 1.76. The summed E-state index contributed by atoms with van der Waals surface area (Å²) in [6, 6.07) is 1.67. The SMILES string of the molecule is CCOC(=O)C(C=O)c1cncc(Br)c1. The molecule has 0 aromatic carbocycles. The number of rotatable bonds is 4. The minimum absolute atomic E-state index is 0.255. The topological polar surface area (TPSA) is 56.3 Å². The lowest BCUT2D eigenvalue weighted by atomic mass is 10.0. The molecular formula is C10H10BrNO3. The van der Waals surface area contributed by atoms with Gasteiger partial charge in [-0.2, -0.15) is 0 Å². The van der Waals surface area contributed by atoms with Gasteiger partial charge in [-0.05, 0) is 34.5 Å². The molecule has 0 radical (unpaired) electrons. The average Bonchev–Trinajstić information content (AvgIpc) is 2.19. The molecule has 5 heteroatoms. The first-order valence-electron chi connectivity index (χ1n) is 4.41. The molecule has 1 atom stereocenters. The van der Waals surface area contributed by atoms with Gasteiger partial charge in [-0.15, -0.1) is 0 Å². The van der Waals surface area contributed by atoms with E-state index in [2.05, 4.69) is 20.9 Å². The third kappa shape index (κ3) is 3.13. The van der Waals surface area contributed by atoms with Gasteiger partial charge in [-0.3, -0.25) is 9.78 Å². The zero-order valence-corrected chi connectivity index (χ0v) is 9.73. The van der Waals surface area contributed by atoms with Crippen molar-refractivity contribution in [1.29, 1.82) is 0 Å². The molecule has 0 aliphatic carbocycles. The number of aromatic nitrogens is 1. The summed E-state index contributed by atoms with van der Waals surface area (Å²) in [6.45, 7) is 1.95. The van der Waals surface area contributed by atoms with Crippen molar-refractivity contribution < 1.29 is 14.3 Å². The van der Waals surface area contributed by atoms with Gasteiger partial charge in [0.15, 0.2) is 0 Å². The molecule has 1 rings (SSSR count). The summed E-state index contributed by atoms with van der Waals surface area (Å²) >= 11 is 3.22. The Bertz CT molecular complexity index is 367. The summed E-state index contributed by atoms with van der Waals surface area (Å²) < 4.78 is 5.49. The van der Waals surface area contributed by atoms with Gasteiger partial charge in [0.25, 0.3) is 0 Å². The first-order chi connectivity index (χ1) is 7.19. The number of carbonyl (C=O) groups is 2. The molecule has 0 saturated carbocycles. The summed E-state index contributed by atoms with van der Waals surface area (Å²) in [7, 11) is 0. The molecule has 0 saturated heterocycles. The summed E-state index contributed by atoms with van der Waals surface area (Å²) in [5.74, 6) is -1.44. The molecule has 1 aromatic rings. The molecule has 0 bridgehead atoms. The maximum atomic E-state index is 11.4. The van der Waals surface area contributed by atoms with E-state index in [0.717, 1.165) is 4.47 Å². The Morgan fingerprint density at radius 3 is 2.93 bits per heavy atom. The second kappa shape index (κ2) is 5.60. The van der Waals surface area contributed by atoms with Crippen molar-refractivity contribution in [1.82, 2.24) is 4.98 Å². The lowest BCUT2D eigenvalue weighted by molar-refractivity contribution is -0.146. The maximum Gasteiger partial charge on any atom is 0.320 e. The van der Waals surface area contributed by atoms with Gasteiger partial charge in [0.1, 0.15) is 12.2 Å². The van der Waals surface area contributed by atoms with Crippen LogP contribution in [0, 0.1) is 0 Å². The molecule has 80 valence electrons. The fraction of sp³-hybridized carbons (Fsp3) is 0.300. The monoisotopic (exact) mass is 271 g/mol. The van der Waals surface area contributed by atoms with Crippen LogP contribution in [-0.4, -0.2) is 23.8 Å². The Hall–Kier alpha value is -1.23. The number of aldehydes is 1. The molecular weight excluding hydrogens is 262 g/mol. The lowest BCUT2D eigenvalue weighted by Crippen LogP contribution is -2.17. The standard InChI is InChI=1S/C10H10BrNO3/c1-2-15-10(14)9(6-13)7-3-8(11)5-12-4-7/h3-6,9H,2H2,1H3. The lowest BCUT2D eigenvalue weighted by Gasteiger charge is -2.09. The van der Waals surface area contributed by atoms with Gasteiger partial charge in [0, 0.05) is 16.9 Å². The molecule has 1 heterocycles. The Kier molecular flexibility index (Phi) is 4.42. The van der Waals surface area contributed by atoms with Gasteiger partial charge in [0.2, 0.25) is 0 Å². The molecule has 0 aliphatic rings. The van der Waals surface area contributed by atoms with E-state index in [1.807, 2.05) is 0 Å². The normalized spacial score (nSPS) is 11.9. The summed E-state index contributed by atoms with van der Waals surface area (Å²) in [5.41, 5.74) is 0.526. The van der Waals surface area contributed by atoms with Crippen LogP contribution in [0.1, 0.15) is 18.4 Å². The molecule has 0 amide bonds. The van der Waals surface area contributed by atoms with E-state index in [1.54, 1.807) is 19.2 Å². The molecule has 0 aliphatic heterocycles. The van der Waals surface area contributed by atoms with Crippen LogP contribution in [0.4, 0.5) is 0 Å². The zero-order chi connectivity index (χ0) is 11.3. The van der Waals surface area contributed by atoms with Crippen LogP contribution in [0.3, 0.4) is 0 Å². The molecule has 4 nitrogen and oxygen atoms in total. The summed E-state index contributed by atoms with van der Waals surface area (Å²) in [5, 5.41) is 0. The second-order valence-electron chi connectivity index (χ2n) is 2.80. The van der Waals surface area contributed by atoms with Crippen LogP contribution in [0.15, 0.2) is 22.9 Å². The summed E-state index contributed by atoms with van der Waals surface area (Å²) in [4.78, 5) is 26.1. The largest absolute Gasteiger partial charge is 0.465 e. The number of nitrogens with zero attached hydrogens (tertiary/aromatic N) is 1. The quantitative estimate of drug-likeness (QED) is 0.475. The fourth-order valence-corrected chi connectivity index (χ4v) is 1.48. The molecule has 0 N–H and O–H groups in total. The van der Waals surface area contributed by atoms with Crippen molar-refractivity contribution in [2.45, 2.75) is 12.8 Å². The Morgan fingerprint density at radius 1 is 1.67 bits per heavy atom. The second-order valence-corrected chi connectivity index (χ2v) is 3.72. The number of ether oxygens (including phenoxy) is 1. The van der Waals surface area contributed by atoms with Gasteiger partial charge >= 0.3 is 5.97 Å². The number of carbonyl (C=O) groups excluding carboxylic acids is 2. The van der Waals surface area contributed by atoms with E-state index in [4.69, 9.17) is 4.74 Å². The highest BCUT2D eigenvalue weighted by Gasteiger charge is 2.21. The first kappa shape index (κ1) is 11.8. The minimum atomic E-state index is -0.894. The van der Waals surface area contributed by atoms with Crippen molar-refractivity contribution in [3.63, 3.8) is 0 Å². The van der Waals surface area contributed by atoms with Crippen molar-refractivity contribution >= 4 is 28.2 Å². The van der Waals surface area contributed by atoms with Crippen molar-refractivity contribution in [2.75, 3.05) is 6.61 Å². The van der Waals surface area contributed by atoms with Crippen LogP contribution in [0.2, 0.25) is 0 Å². The van der Waals surface area contributed by atoms with Crippen LogP contribution < -0.4 is 0 Å². The highest BCUT2D eigenvalue weighted by atomic mass is 79.9. The predicted molar refractivity (Wildman–Crippen MR) is 57.4 cm³/mol. The minimum Gasteiger partial charge on any atom is -0.465 e. The average molecular weight is 272 g/mol. The van der Waals surface area contributed by atoms with Crippen molar-refractivity contribution in [2.24, 2.45) is 0 Å². The summed E-state index contributed by atoms with van der Waals surface area (Å²) in [6.07, 6.45) is 3.61. The smallest absolute Gasteiger partial charge is 0.320 e. The van der Waals surface area contributed by atoms with E-state index in [9.17, 15) is 9.59 Å². The van der Waals surface area contributed by atoms with E-state index in [-0.39, 0.29) is 6.61 Å². The predicted octanol–water partition coefficient (Wildman–Crippen LogP) is 1.69. The maximum absolute atomic E-state index is 11.4. The Balaban J connectivity index is 2.92. The first-order valence-corrected chi connectivity index (χ1v) is 5.20. The molecule has 1 aromatic heterocycles. The van der Waals surface area contributed by atoms with Gasteiger partial charge in [0.05, 0.1) is 6.61 Å². The number of pyridine rings is 1.